The highest BCUT2D eigenvalue weighted by Gasteiger charge is 2.34. The first-order valence-corrected chi connectivity index (χ1v) is 9.84. The van der Waals surface area contributed by atoms with Crippen LogP contribution in [0.5, 0.6) is 5.75 Å². The molecule has 0 radical (unpaired) electrons. The van der Waals surface area contributed by atoms with Crippen LogP contribution >= 0.6 is 0 Å². The minimum atomic E-state index is -0.549. The Bertz CT molecular complexity index is 660. The molecule has 4 heterocycles. The maximum absolute atomic E-state index is 14.2. The van der Waals surface area contributed by atoms with Crippen LogP contribution < -0.4 is 5.32 Å². The number of phenols is 1. The highest BCUT2D eigenvalue weighted by molar-refractivity contribution is 5.74. The van der Waals surface area contributed by atoms with E-state index in [1.807, 2.05) is 0 Å². The first kappa shape index (κ1) is 17.6. The number of rotatable bonds is 3. The van der Waals surface area contributed by atoms with Crippen molar-refractivity contribution in [1.29, 1.82) is 0 Å². The molecule has 1 aromatic carbocycles. The zero-order chi connectivity index (χ0) is 18.1. The summed E-state index contributed by atoms with van der Waals surface area (Å²) in [5, 5.41) is 12.7. The number of piperidine rings is 4. The Morgan fingerprint density at radius 1 is 1.19 bits per heavy atom. The predicted octanol–water partition coefficient (Wildman–Crippen LogP) is 2.76. The third-order valence-corrected chi connectivity index (χ3v) is 6.46. The van der Waals surface area contributed by atoms with Gasteiger partial charge in [-0.1, -0.05) is 12.1 Å². The summed E-state index contributed by atoms with van der Waals surface area (Å²) >= 11 is 0. The highest BCUT2D eigenvalue weighted by atomic mass is 19.1. The summed E-state index contributed by atoms with van der Waals surface area (Å²) in [7, 11) is 0. The summed E-state index contributed by atoms with van der Waals surface area (Å²) in [5.74, 6) is 0.387. The molecular weight excluding hydrogens is 333 g/mol. The van der Waals surface area contributed by atoms with Crippen LogP contribution in [0, 0.1) is 17.7 Å². The lowest BCUT2D eigenvalue weighted by Crippen LogP contribution is -2.52. The minimum absolute atomic E-state index is 0.0355. The maximum atomic E-state index is 14.2. The molecular formula is C20H28FN3O2. The van der Waals surface area contributed by atoms with Crippen molar-refractivity contribution in [2.75, 3.05) is 39.3 Å². The van der Waals surface area contributed by atoms with Gasteiger partial charge < -0.3 is 20.2 Å². The van der Waals surface area contributed by atoms with Crippen LogP contribution in [0.4, 0.5) is 9.18 Å². The first-order chi connectivity index (χ1) is 12.6. The Morgan fingerprint density at radius 3 is 2.73 bits per heavy atom. The van der Waals surface area contributed by atoms with Gasteiger partial charge in [0, 0.05) is 32.1 Å². The van der Waals surface area contributed by atoms with Gasteiger partial charge in [-0.05, 0) is 62.2 Å². The van der Waals surface area contributed by atoms with E-state index in [1.54, 1.807) is 17.0 Å². The fourth-order valence-electron chi connectivity index (χ4n) is 4.92. The van der Waals surface area contributed by atoms with Crippen LogP contribution in [0.25, 0.3) is 0 Å². The number of amides is 2. The van der Waals surface area contributed by atoms with E-state index in [9.17, 15) is 14.3 Å². The number of likely N-dealkylation sites (tertiary alicyclic amines) is 1. The van der Waals surface area contributed by atoms with Gasteiger partial charge in [-0.2, -0.15) is 0 Å². The third kappa shape index (κ3) is 3.52. The van der Waals surface area contributed by atoms with E-state index >= 15 is 0 Å². The second-order valence-electron chi connectivity index (χ2n) is 8.05. The molecule has 2 amide bonds. The number of aromatic hydroxyl groups is 1. The summed E-state index contributed by atoms with van der Waals surface area (Å²) < 4.78 is 14.2. The van der Waals surface area contributed by atoms with Crippen molar-refractivity contribution in [3.05, 3.63) is 29.6 Å². The molecule has 4 saturated heterocycles. The van der Waals surface area contributed by atoms with Crippen LogP contribution in [0.2, 0.25) is 0 Å². The highest BCUT2D eigenvalue weighted by Crippen LogP contribution is 2.33. The smallest absolute Gasteiger partial charge is 0.317 e. The number of carbonyl (C=O) groups excluding carboxylic acids is 1. The number of carbonyl (C=O) groups is 1. The average molecular weight is 361 g/mol. The molecule has 0 aliphatic carbocycles. The van der Waals surface area contributed by atoms with Crippen LogP contribution in [0.15, 0.2) is 18.2 Å². The van der Waals surface area contributed by atoms with Crippen molar-refractivity contribution in [1.82, 2.24) is 15.1 Å². The summed E-state index contributed by atoms with van der Waals surface area (Å²) in [6.07, 6.45) is 4.20. The number of urea groups is 1. The van der Waals surface area contributed by atoms with E-state index in [2.05, 4.69) is 10.2 Å². The molecule has 2 unspecified atom stereocenters. The van der Waals surface area contributed by atoms with E-state index < -0.39 is 5.82 Å². The molecule has 2 N–H and O–H groups in total. The molecule has 4 fully saturated rings. The number of nitrogens with zero attached hydrogens (tertiary/aromatic N) is 2. The van der Waals surface area contributed by atoms with Crippen molar-refractivity contribution in [3.63, 3.8) is 0 Å². The van der Waals surface area contributed by atoms with Gasteiger partial charge in [0.05, 0.1) is 0 Å². The topological polar surface area (TPSA) is 55.8 Å². The number of nitrogens with one attached hydrogen (secondary N) is 1. The number of phenolic OH excluding ortho intramolecular Hbond substituents is 1. The van der Waals surface area contributed by atoms with Gasteiger partial charge in [-0.15, -0.1) is 0 Å². The quantitative estimate of drug-likeness (QED) is 0.870. The number of fused-ring (bicyclic) bond motifs is 3. The summed E-state index contributed by atoms with van der Waals surface area (Å²) in [5.41, 5.74) is 0.514. The fraction of sp³-hybridized carbons (Fsp3) is 0.650. The fourth-order valence-corrected chi connectivity index (χ4v) is 4.92. The largest absolute Gasteiger partial charge is 0.505 e. The van der Waals surface area contributed by atoms with Gasteiger partial charge in [0.2, 0.25) is 0 Å². The molecule has 1 aromatic rings. The molecule has 0 spiro atoms. The second-order valence-corrected chi connectivity index (χ2v) is 8.05. The Morgan fingerprint density at radius 2 is 2.00 bits per heavy atom. The SMILES string of the molecule is O=C(NCC1CN2CCC1CC2)N1CCCC(c2cccc(O)c2F)C1. The lowest BCUT2D eigenvalue weighted by atomic mass is 9.79. The normalized spacial score (nSPS) is 31.0. The van der Waals surface area contributed by atoms with Crippen LogP contribution in [0.3, 0.4) is 0 Å². The molecule has 6 heteroatoms. The molecule has 5 rings (SSSR count). The van der Waals surface area contributed by atoms with Crippen LogP contribution in [-0.2, 0) is 0 Å². The Hall–Kier alpha value is -1.82. The van der Waals surface area contributed by atoms with Gasteiger partial charge in [-0.25, -0.2) is 9.18 Å². The summed E-state index contributed by atoms with van der Waals surface area (Å²) in [6.45, 7) is 5.47. The zero-order valence-corrected chi connectivity index (χ0v) is 15.2. The lowest BCUT2D eigenvalue weighted by Gasteiger charge is -2.45. The Balaban J connectivity index is 1.34. The Kier molecular flexibility index (Phi) is 5.02. The molecule has 142 valence electrons. The minimum Gasteiger partial charge on any atom is -0.505 e. The van der Waals surface area contributed by atoms with Gasteiger partial charge in [0.1, 0.15) is 0 Å². The first-order valence-electron chi connectivity index (χ1n) is 9.84. The molecule has 4 aliphatic heterocycles. The summed E-state index contributed by atoms with van der Waals surface area (Å²) in [4.78, 5) is 16.9. The average Bonchev–Trinajstić information content (AvgIpc) is 2.69. The van der Waals surface area contributed by atoms with E-state index in [0.717, 1.165) is 31.8 Å². The van der Waals surface area contributed by atoms with Crippen molar-refractivity contribution in [2.24, 2.45) is 11.8 Å². The number of halogens is 1. The molecule has 0 aromatic heterocycles. The van der Waals surface area contributed by atoms with Crippen molar-refractivity contribution >= 4 is 6.03 Å². The lowest BCUT2D eigenvalue weighted by molar-refractivity contribution is 0.0512. The van der Waals surface area contributed by atoms with E-state index in [-0.39, 0.29) is 17.7 Å². The summed E-state index contributed by atoms with van der Waals surface area (Å²) in [6, 6.07) is 4.71. The Labute approximate surface area is 154 Å². The molecule has 2 atom stereocenters. The van der Waals surface area contributed by atoms with Gasteiger partial charge in [0.15, 0.2) is 11.6 Å². The molecule has 0 saturated carbocycles. The molecule has 26 heavy (non-hydrogen) atoms. The van der Waals surface area contributed by atoms with Crippen molar-refractivity contribution in [2.45, 2.75) is 31.6 Å². The van der Waals surface area contributed by atoms with Crippen molar-refractivity contribution in [3.8, 4) is 5.75 Å². The standard InChI is InChI=1S/C20H28FN3O2/c21-19-17(4-1-5-18(19)25)15-3-2-8-24(13-15)20(26)22-11-16-12-23-9-6-14(16)7-10-23/h1,4-5,14-16,25H,2-3,6-13H2,(H,22,26). The van der Waals surface area contributed by atoms with E-state index in [4.69, 9.17) is 0 Å². The molecule has 2 bridgehead atoms. The van der Waals surface area contributed by atoms with E-state index in [0.29, 0.717) is 24.6 Å². The number of benzene rings is 1. The van der Waals surface area contributed by atoms with Crippen molar-refractivity contribution < 1.29 is 14.3 Å². The monoisotopic (exact) mass is 361 g/mol. The van der Waals surface area contributed by atoms with E-state index in [1.165, 1.54) is 32.0 Å². The maximum Gasteiger partial charge on any atom is 0.317 e. The second kappa shape index (κ2) is 7.43. The van der Waals surface area contributed by atoms with Gasteiger partial charge in [0.25, 0.3) is 0 Å². The third-order valence-electron chi connectivity index (χ3n) is 6.46. The molecule has 5 nitrogen and oxygen atoms in total. The van der Waals surface area contributed by atoms with Gasteiger partial charge in [-0.3, -0.25) is 0 Å². The van der Waals surface area contributed by atoms with Gasteiger partial charge >= 0.3 is 6.03 Å². The zero-order valence-electron chi connectivity index (χ0n) is 15.2. The molecule has 4 aliphatic rings. The number of hydrogen-bond acceptors (Lipinski definition) is 3. The van der Waals surface area contributed by atoms with Crippen LogP contribution in [-0.4, -0.2) is 60.2 Å². The predicted molar refractivity (Wildman–Crippen MR) is 97.7 cm³/mol. The van der Waals surface area contributed by atoms with Crippen LogP contribution in [0.1, 0.15) is 37.2 Å². The number of hydrogen-bond donors (Lipinski definition) is 2.